The topological polar surface area (TPSA) is 12.4 Å². The molecule has 0 spiro atoms. The summed E-state index contributed by atoms with van der Waals surface area (Å²) < 4.78 is 0. The van der Waals surface area contributed by atoms with Gasteiger partial charge >= 0.3 is 0 Å². The summed E-state index contributed by atoms with van der Waals surface area (Å²) in [5.74, 6) is 1.13. The summed E-state index contributed by atoms with van der Waals surface area (Å²) in [5, 5.41) is 0. The van der Waals surface area contributed by atoms with Gasteiger partial charge in [0.05, 0.1) is 0 Å². The molecule has 0 N–H and O–H groups in total. The molecule has 1 nitrogen and oxygen atoms in total. The highest BCUT2D eigenvalue weighted by molar-refractivity contribution is 5.55. The lowest BCUT2D eigenvalue weighted by molar-refractivity contribution is 0.545. The summed E-state index contributed by atoms with van der Waals surface area (Å²) >= 11 is 0. The lowest BCUT2D eigenvalue weighted by Gasteiger charge is -2.25. The third-order valence-corrected chi connectivity index (χ3v) is 4.88. The van der Waals surface area contributed by atoms with Crippen molar-refractivity contribution < 1.29 is 0 Å². The minimum absolute atomic E-state index is 0.556. The number of allylic oxidation sites excluding steroid dienone is 5. The maximum atomic E-state index is 4.30. The average Bonchev–Trinajstić information content (AvgIpc) is 2.59. The largest absolute Gasteiger partial charge is 0.269 e. The van der Waals surface area contributed by atoms with Crippen LogP contribution < -0.4 is 0 Å². The average molecular weight is 322 g/mol. The molecule has 2 unspecified atom stereocenters. The van der Waals surface area contributed by atoms with Crippen molar-refractivity contribution >= 4 is 6.21 Å². The molecule has 0 heterocycles. The van der Waals surface area contributed by atoms with Gasteiger partial charge in [-0.1, -0.05) is 55.8 Å². The highest BCUT2D eigenvalue weighted by Crippen LogP contribution is 2.35. The van der Waals surface area contributed by atoms with Gasteiger partial charge < -0.3 is 0 Å². The van der Waals surface area contributed by atoms with Crippen molar-refractivity contribution in [3.05, 3.63) is 70.5 Å². The van der Waals surface area contributed by atoms with Crippen molar-refractivity contribution in [1.29, 1.82) is 0 Å². The van der Waals surface area contributed by atoms with E-state index in [1.54, 1.807) is 0 Å². The standard InChI is InChI=1S/C23H31N/c1-6-24-16-20(5)23-13-8-7-12-22(23)19(4)15-18(3)21-11-9-10-17(2)14-21/h6,9-14,16,18-19H,7-8,15H2,1-5H3/b20-16+,24-6?. The van der Waals surface area contributed by atoms with E-state index in [1.165, 1.54) is 34.3 Å². The van der Waals surface area contributed by atoms with Crippen LogP contribution in [0.5, 0.6) is 0 Å². The summed E-state index contributed by atoms with van der Waals surface area (Å²) in [7, 11) is 0. The van der Waals surface area contributed by atoms with Crippen molar-refractivity contribution in [2.75, 3.05) is 0 Å². The molecule has 0 bridgehead atoms. The number of nitrogens with zero attached hydrogens (tertiary/aromatic N) is 1. The zero-order valence-electron chi connectivity index (χ0n) is 15.8. The quantitative estimate of drug-likeness (QED) is 0.513. The third-order valence-electron chi connectivity index (χ3n) is 4.88. The predicted octanol–water partition coefficient (Wildman–Crippen LogP) is 6.77. The summed E-state index contributed by atoms with van der Waals surface area (Å²) in [4.78, 5) is 4.30. The van der Waals surface area contributed by atoms with Crippen molar-refractivity contribution in [1.82, 2.24) is 0 Å². The first-order chi connectivity index (χ1) is 11.5. The van der Waals surface area contributed by atoms with E-state index in [2.05, 4.69) is 69.1 Å². The van der Waals surface area contributed by atoms with Gasteiger partial charge in [0.15, 0.2) is 0 Å². The second-order valence-corrected chi connectivity index (χ2v) is 7.03. The zero-order chi connectivity index (χ0) is 17.5. The van der Waals surface area contributed by atoms with Crippen LogP contribution in [0.15, 0.2) is 64.3 Å². The monoisotopic (exact) mass is 321 g/mol. The molecule has 1 heteroatoms. The smallest absolute Gasteiger partial charge is 0.0298 e. The molecule has 0 saturated heterocycles. The van der Waals surface area contributed by atoms with Gasteiger partial charge in [0.2, 0.25) is 0 Å². The summed E-state index contributed by atoms with van der Waals surface area (Å²) in [6, 6.07) is 8.93. The van der Waals surface area contributed by atoms with Crippen LogP contribution in [0.1, 0.15) is 64.0 Å². The Morgan fingerprint density at radius 3 is 2.62 bits per heavy atom. The Labute approximate surface area is 147 Å². The molecule has 0 aromatic heterocycles. The minimum Gasteiger partial charge on any atom is -0.269 e. The van der Waals surface area contributed by atoms with E-state index in [9.17, 15) is 0 Å². The van der Waals surface area contributed by atoms with Crippen LogP contribution in [0.4, 0.5) is 0 Å². The molecule has 1 aromatic rings. The van der Waals surface area contributed by atoms with Crippen LogP contribution in [0.2, 0.25) is 0 Å². The second kappa shape index (κ2) is 8.82. The van der Waals surface area contributed by atoms with Crippen LogP contribution >= 0.6 is 0 Å². The first-order valence-corrected chi connectivity index (χ1v) is 9.15. The van der Waals surface area contributed by atoms with E-state index in [4.69, 9.17) is 0 Å². The highest BCUT2D eigenvalue weighted by Gasteiger charge is 2.19. The van der Waals surface area contributed by atoms with Gasteiger partial charge in [-0.25, -0.2) is 0 Å². The molecule has 2 atom stereocenters. The Balaban J connectivity index is 2.14. The number of rotatable bonds is 6. The van der Waals surface area contributed by atoms with E-state index < -0.39 is 0 Å². The van der Waals surface area contributed by atoms with Crippen LogP contribution in [0, 0.1) is 12.8 Å². The van der Waals surface area contributed by atoms with E-state index in [0.717, 1.165) is 12.8 Å². The summed E-state index contributed by atoms with van der Waals surface area (Å²) in [5.41, 5.74) is 6.97. The van der Waals surface area contributed by atoms with E-state index >= 15 is 0 Å². The maximum Gasteiger partial charge on any atom is 0.0298 e. The fourth-order valence-electron chi connectivity index (χ4n) is 3.58. The predicted molar refractivity (Wildman–Crippen MR) is 107 cm³/mol. The molecular weight excluding hydrogens is 290 g/mol. The molecule has 0 saturated carbocycles. The van der Waals surface area contributed by atoms with Gasteiger partial charge in [0.25, 0.3) is 0 Å². The van der Waals surface area contributed by atoms with Crippen LogP contribution in [-0.2, 0) is 0 Å². The van der Waals surface area contributed by atoms with E-state index in [0.29, 0.717) is 11.8 Å². The normalized spacial score (nSPS) is 18.3. The van der Waals surface area contributed by atoms with Gasteiger partial charge in [-0.15, -0.1) is 0 Å². The van der Waals surface area contributed by atoms with Crippen LogP contribution in [0.25, 0.3) is 0 Å². The van der Waals surface area contributed by atoms with Gasteiger partial charge in [0, 0.05) is 12.4 Å². The molecular formula is C23H31N. The molecule has 0 fully saturated rings. The van der Waals surface area contributed by atoms with Gasteiger partial charge in [-0.05, 0) is 74.2 Å². The summed E-state index contributed by atoms with van der Waals surface area (Å²) in [6.45, 7) is 11.0. The molecule has 128 valence electrons. The Morgan fingerprint density at radius 1 is 1.17 bits per heavy atom. The number of benzene rings is 1. The summed E-state index contributed by atoms with van der Waals surface area (Å²) in [6.07, 6.45) is 12.1. The fraction of sp³-hybridized carbons (Fsp3) is 0.435. The Kier molecular flexibility index (Phi) is 6.78. The first kappa shape index (κ1) is 18.4. The molecule has 0 aliphatic heterocycles. The minimum atomic E-state index is 0.556. The molecule has 24 heavy (non-hydrogen) atoms. The molecule has 2 rings (SSSR count). The molecule has 0 radical (unpaired) electrons. The van der Waals surface area contributed by atoms with Gasteiger partial charge in [-0.2, -0.15) is 0 Å². The lowest BCUT2D eigenvalue weighted by Crippen LogP contribution is -2.10. The number of aryl methyl sites for hydroxylation is 1. The zero-order valence-corrected chi connectivity index (χ0v) is 15.8. The molecule has 1 aromatic carbocycles. The highest BCUT2D eigenvalue weighted by atomic mass is 14.7. The Hall–Kier alpha value is -1.89. The molecule has 1 aliphatic carbocycles. The second-order valence-electron chi connectivity index (χ2n) is 7.03. The van der Waals surface area contributed by atoms with Gasteiger partial charge in [-0.3, -0.25) is 4.99 Å². The lowest BCUT2D eigenvalue weighted by atomic mass is 9.80. The SMILES string of the molecule is CC=N/C=C(\C)C1=CCCC=C1C(C)CC(C)c1cccc(C)c1. The maximum absolute atomic E-state index is 4.30. The van der Waals surface area contributed by atoms with Crippen LogP contribution in [-0.4, -0.2) is 6.21 Å². The van der Waals surface area contributed by atoms with E-state index in [-0.39, 0.29) is 0 Å². The Bertz CT molecular complexity index is 673. The third kappa shape index (κ3) is 4.80. The fourth-order valence-corrected chi connectivity index (χ4v) is 3.58. The van der Waals surface area contributed by atoms with Crippen molar-refractivity contribution in [2.24, 2.45) is 10.9 Å². The van der Waals surface area contributed by atoms with Crippen molar-refractivity contribution in [2.45, 2.75) is 59.8 Å². The Morgan fingerprint density at radius 2 is 1.92 bits per heavy atom. The molecule has 1 aliphatic rings. The first-order valence-electron chi connectivity index (χ1n) is 9.15. The molecule has 0 amide bonds. The number of hydrogen-bond donors (Lipinski definition) is 0. The number of aliphatic imine (C=N–C) groups is 1. The van der Waals surface area contributed by atoms with Gasteiger partial charge in [0.1, 0.15) is 0 Å². The van der Waals surface area contributed by atoms with Crippen LogP contribution in [0.3, 0.4) is 0 Å². The number of hydrogen-bond acceptors (Lipinski definition) is 1. The van der Waals surface area contributed by atoms with Crippen molar-refractivity contribution in [3.63, 3.8) is 0 Å². The van der Waals surface area contributed by atoms with E-state index in [1.807, 2.05) is 19.3 Å². The van der Waals surface area contributed by atoms with Crippen molar-refractivity contribution in [3.8, 4) is 0 Å².